The van der Waals surface area contributed by atoms with Gasteiger partial charge in [0.15, 0.2) is 12.6 Å². The molecule has 2 atom stereocenters. The van der Waals surface area contributed by atoms with E-state index in [9.17, 15) is 0 Å². The molecule has 0 spiro atoms. The quantitative estimate of drug-likeness (QED) is 0.584. The molecule has 2 unspecified atom stereocenters. The average molecular weight is 361 g/mol. The van der Waals surface area contributed by atoms with Crippen LogP contribution in [0.4, 0.5) is 0 Å². The first kappa shape index (κ1) is 18.6. The molecule has 1 aromatic carbocycles. The van der Waals surface area contributed by atoms with Crippen LogP contribution in [-0.4, -0.2) is 25.8 Å². The van der Waals surface area contributed by atoms with Crippen LogP contribution >= 0.6 is 15.9 Å². The summed E-state index contributed by atoms with van der Waals surface area (Å²) in [6.07, 6.45) is -0.406. The van der Waals surface area contributed by atoms with Crippen LogP contribution < -0.4 is 0 Å². The monoisotopic (exact) mass is 360 g/mol. The lowest BCUT2D eigenvalue weighted by molar-refractivity contribution is -0.135. The molecular formula is C16H25BrO4. The molecule has 0 amide bonds. The van der Waals surface area contributed by atoms with E-state index >= 15 is 0 Å². The zero-order valence-electron chi connectivity index (χ0n) is 13.2. The van der Waals surface area contributed by atoms with Crippen LogP contribution in [0, 0.1) is 0 Å². The fourth-order valence-electron chi connectivity index (χ4n) is 1.81. The zero-order valence-corrected chi connectivity index (χ0v) is 14.8. The molecule has 0 aromatic heterocycles. The van der Waals surface area contributed by atoms with E-state index < -0.39 is 0 Å². The Morgan fingerprint density at radius 2 is 1.48 bits per heavy atom. The van der Waals surface area contributed by atoms with Crippen molar-refractivity contribution < 1.29 is 18.9 Å². The van der Waals surface area contributed by atoms with Crippen LogP contribution in [0.15, 0.2) is 22.7 Å². The van der Waals surface area contributed by atoms with Gasteiger partial charge in [0, 0.05) is 17.7 Å². The van der Waals surface area contributed by atoms with Gasteiger partial charge >= 0.3 is 0 Å². The SMILES string of the molecule is CCOC(C)OCc1ccc(Br)c(COC(C)OCC)c1. The number of ether oxygens (including phenoxy) is 4. The molecule has 0 heterocycles. The van der Waals surface area contributed by atoms with Crippen LogP contribution in [0.2, 0.25) is 0 Å². The minimum Gasteiger partial charge on any atom is -0.353 e. The molecule has 0 saturated heterocycles. The summed E-state index contributed by atoms with van der Waals surface area (Å²) < 4.78 is 23.0. The van der Waals surface area contributed by atoms with Gasteiger partial charge in [-0.1, -0.05) is 28.1 Å². The summed E-state index contributed by atoms with van der Waals surface area (Å²) in [5, 5.41) is 0. The number of rotatable bonds is 10. The van der Waals surface area contributed by atoms with Gasteiger partial charge in [-0.15, -0.1) is 0 Å². The van der Waals surface area contributed by atoms with Crippen LogP contribution in [-0.2, 0) is 32.2 Å². The second-order valence-corrected chi connectivity index (χ2v) is 5.45. The molecule has 0 N–H and O–H groups in total. The standard InChI is InChI=1S/C16H25BrO4/c1-5-18-12(3)20-10-14-7-8-16(17)15(9-14)11-21-13(4)19-6-2/h7-9,12-13H,5-6,10-11H2,1-4H3. The van der Waals surface area contributed by atoms with Gasteiger partial charge < -0.3 is 18.9 Å². The first-order valence-electron chi connectivity index (χ1n) is 7.30. The van der Waals surface area contributed by atoms with Crippen molar-refractivity contribution in [1.82, 2.24) is 0 Å². The molecule has 0 radical (unpaired) electrons. The van der Waals surface area contributed by atoms with Gasteiger partial charge in [0.05, 0.1) is 13.2 Å². The van der Waals surface area contributed by atoms with Crippen molar-refractivity contribution in [2.75, 3.05) is 13.2 Å². The highest BCUT2D eigenvalue weighted by molar-refractivity contribution is 9.10. The molecule has 0 aliphatic carbocycles. The van der Waals surface area contributed by atoms with Crippen molar-refractivity contribution in [2.45, 2.75) is 53.5 Å². The van der Waals surface area contributed by atoms with Crippen molar-refractivity contribution in [1.29, 1.82) is 0 Å². The predicted octanol–water partition coefficient (Wildman–Crippen LogP) is 4.25. The summed E-state index contributed by atoms with van der Waals surface area (Å²) in [7, 11) is 0. The highest BCUT2D eigenvalue weighted by atomic mass is 79.9. The first-order chi connectivity index (χ1) is 10.1. The third kappa shape index (κ3) is 7.38. The third-order valence-electron chi connectivity index (χ3n) is 2.87. The van der Waals surface area contributed by atoms with Crippen molar-refractivity contribution in [3.05, 3.63) is 33.8 Å². The topological polar surface area (TPSA) is 36.9 Å². The van der Waals surface area contributed by atoms with Gasteiger partial charge in [0.2, 0.25) is 0 Å². The van der Waals surface area contributed by atoms with Crippen LogP contribution in [0.5, 0.6) is 0 Å². The first-order valence-corrected chi connectivity index (χ1v) is 8.09. The van der Waals surface area contributed by atoms with E-state index in [-0.39, 0.29) is 12.6 Å². The zero-order chi connectivity index (χ0) is 15.7. The third-order valence-corrected chi connectivity index (χ3v) is 3.64. The van der Waals surface area contributed by atoms with Crippen LogP contribution in [0.1, 0.15) is 38.8 Å². The number of hydrogen-bond donors (Lipinski definition) is 0. The Hall–Kier alpha value is -0.460. The lowest BCUT2D eigenvalue weighted by Gasteiger charge is -2.15. The van der Waals surface area contributed by atoms with Gasteiger partial charge in [-0.25, -0.2) is 0 Å². The lowest BCUT2D eigenvalue weighted by Crippen LogP contribution is -2.13. The molecule has 5 heteroatoms. The van der Waals surface area contributed by atoms with E-state index in [1.807, 2.05) is 39.8 Å². The maximum atomic E-state index is 5.65. The highest BCUT2D eigenvalue weighted by Gasteiger charge is 2.07. The Balaban J connectivity index is 2.54. The second kappa shape index (κ2) is 10.3. The Kier molecular flexibility index (Phi) is 9.11. The highest BCUT2D eigenvalue weighted by Crippen LogP contribution is 2.20. The minimum atomic E-state index is -0.209. The Morgan fingerprint density at radius 3 is 2.05 bits per heavy atom. The summed E-state index contributed by atoms with van der Waals surface area (Å²) >= 11 is 3.54. The summed E-state index contributed by atoms with van der Waals surface area (Å²) in [5.41, 5.74) is 2.17. The van der Waals surface area contributed by atoms with E-state index in [2.05, 4.69) is 22.0 Å². The molecule has 0 saturated carbocycles. The summed E-state index contributed by atoms with van der Waals surface area (Å²) in [6, 6.07) is 6.10. The lowest BCUT2D eigenvalue weighted by atomic mass is 10.1. The van der Waals surface area contributed by atoms with Crippen molar-refractivity contribution in [2.24, 2.45) is 0 Å². The molecule has 0 aliphatic rings. The maximum absolute atomic E-state index is 5.65. The van der Waals surface area contributed by atoms with Gasteiger partial charge in [-0.2, -0.15) is 0 Å². The van der Waals surface area contributed by atoms with Gasteiger partial charge in [-0.05, 0) is 44.9 Å². The van der Waals surface area contributed by atoms with E-state index in [0.717, 1.165) is 15.6 Å². The molecule has 0 aliphatic heterocycles. The van der Waals surface area contributed by atoms with Crippen LogP contribution in [0.3, 0.4) is 0 Å². The van der Waals surface area contributed by atoms with Gasteiger partial charge in [0.25, 0.3) is 0 Å². The molecule has 1 rings (SSSR count). The van der Waals surface area contributed by atoms with Gasteiger partial charge in [0.1, 0.15) is 0 Å². The molecule has 4 nitrogen and oxygen atoms in total. The van der Waals surface area contributed by atoms with Crippen LogP contribution in [0.25, 0.3) is 0 Å². The Labute approximate surface area is 135 Å². The normalized spacial score (nSPS) is 14.1. The number of benzene rings is 1. The summed E-state index contributed by atoms with van der Waals surface area (Å²) in [4.78, 5) is 0. The smallest absolute Gasteiger partial charge is 0.155 e. The fourth-order valence-corrected chi connectivity index (χ4v) is 2.18. The Bertz CT molecular complexity index is 411. The van der Waals surface area contributed by atoms with Crippen molar-refractivity contribution >= 4 is 15.9 Å². The molecule has 0 bridgehead atoms. The Morgan fingerprint density at radius 1 is 0.905 bits per heavy atom. The average Bonchev–Trinajstić information content (AvgIpc) is 2.45. The van der Waals surface area contributed by atoms with Crippen molar-refractivity contribution in [3.8, 4) is 0 Å². The fraction of sp³-hybridized carbons (Fsp3) is 0.625. The number of halogens is 1. The maximum Gasteiger partial charge on any atom is 0.155 e. The minimum absolute atomic E-state index is 0.198. The molecule has 21 heavy (non-hydrogen) atoms. The van der Waals surface area contributed by atoms with Crippen molar-refractivity contribution in [3.63, 3.8) is 0 Å². The largest absolute Gasteiger partial charge is 0.353 e. The number of hydrogen-bond acceptors (Lipinski definition) is 4. The molecule has 120 valence electrons. The van der Waals surface area contributed by atoms with E-state index in [0.29, 0.717) is 26.4 Å². The summed E-state index contributed by atoms with van der Waals surface area (Å²) in [6.45, 7) is 10.0. The second-order valence-electron chi connectivity index (χ2n) is 4.59. The predicted molar refractivity (Wildman–Crippen MR) is 85.9 cm³/mol. The summed E-state index contributed by atoms with van der Waals surface area (Å²) in [5.74, 6) is 0. The van der Waals surface area contributed by atoms with E-state index in [4.69, 9.17) is 18.9 Å². The van der Waals surface area contributed by atoms with Gasteiger partial charge in [-0.3, -0.25) is 0 Å². The molecule has 0 fully saturated rings. The van der Waals surface area contributed by atoms with E-state index in [1.165, 1.54) is 0 Å². The van der Waals surface area contributed by atoms with E-state index in [1.54, 1.807) is 0 Å². The molecular weight excluding hydrogens is 336 g/mol. The molecule has 1 aromatic rings.